The first-order chi connectivity index (χ1) is 12.7. The molecule has 0 aromatic heterocycles. The van der Waals surface area contributed by atoms with Gasteiger partial charge in [0, 0.05) is 17.4 Å². The average molecular weight is 357 g/mol. The second-order valence-corrected chi connectivity index (χ2v) is 9.18. The summed E-state index contributed by atoms with van der Waals surface area (Å²) in [5.74, 6) is 0. The Balaban J connectivity index is 2.05. The van der Waals surface area contributed by atoms with Crippen LogP contribution in [-0.4, -0.2) is 0 Å². The van der Waals surface area contributed by atoms with Crippen molar-refractivity contribution in [2.45, 2.75) is 52.4 Å². The molecule has 139 valence electrons. The van der Waals surface area contributed by atoms with Gasteiger partial charge in [-0.1, -0.05) is 84.0 Å². The number of hydrogen-bond acceptors (Lipinski definition) is 1. The molecule has 1 radical (unpaired) electrons. The molecule has 0 N–H and O–H groups in total. The van der Waals surface area contributed by atoms with Crippen LogP contribution in [0.15, 0.2) is 72.8 Å². The molecule has 3 rings (SSSR count). The van der Waals surface area contributed by atoms with Gasteiger partial charge in [-0.05, 0) is 52.3 Å². The summed E-state index contributed by atoms with van der Waals surface area (Å²) in [5, 5.41) is 0. The average Bonchev–Trinajstić information content (AvgIpc) is 2.62. The Morgan fingerprint density at radius 1 is 0.593 bits per heavy atom. The third kappa shape index (κ3) is 4.42. The first-order valence-corrected chi connectivity index (χ1v) is 9.64. The molecule has 0 atom stereocenters. The van der Waals surface area contributed by atoms with Gasteiger partial charge in [-0.3, -0.25) is 0 Å². The van der Waals surface area contributed by atoms with Gasteiger partial charge < -0.3 is 4.90 Å². The monoisotopic (exact) mass is 356 g/mol. The lowest BCUT2D eigenvalue weighted by atomic mass is 9.86. The van der Waals surface area contributed by atoms with Gasteiger partial charge in [-0.15, -0.1) is 0 Å². The van der Waals surface area contributed by atoms with Crippen LogP contribution in [0.4, 0.5) is 17.1 Å². The summed E-state index contributed by atoms with van der Waals surface area (Å²) >= 11 is 0. The third-order valence-corrected chi connectivity index (χ3v) is 4.92. The molecule has 0 unspecified atom stereocenters. The Morgan fingerprint density at radius 2 is 1.04 bits per heavy atom. The number of anilines is 3. The van der Waals surface area contributed by atoms with Gasteiger partial charge in [0.2, 0.25) is 0 Å². The molecular formula is C26H30N. The summed E-state index contributed by atoms with van der Waals surface area (Å²) in [6.07, 6.45) is 0. The highest BCUT2D eigenvalue weighted by Gasteiger charge is 2.18. The molecule has 0 aliphatic carbocycles. The Kier molecular flexibility index (Phi) is 5.15. The van der Waals surface area contributed by atoms with Crippen LogP contribution < -0.4 is 4.90 Å². The van der Waals surface area contributed by atoms with Gasteiger partial charge in [-0.2, -0.15) is 0 Å². The molecule has 3 aromatic rings. The minimum Gasteiger partial charge on any atom is -0.310 e. The molecule has 1 heteroatoms. The van der Waals surface area contributed by atoms with Crippen LogP contribution in [0.1, 0.15) is 52.7 Å². The van der Waals surface area contributed by atoms with E-state index in [4.69, 9.17) is 0 Å². The molecule has 0 saturated heterocycles. The van der Waals surface area contributed by atoms with Gasteiger partial charge in [-0.25, -0.2) is 0 Å². The molecule has 0 heterocycles. The van der Waals surface area contributed by atoms with Gasteiger partial charge >= 0.3 is 0 Å². The maximum Gasteiger partial charge on any atom is 0.0540 e. The van der Waals surface area contributed by atoms with Gasteiger partial charge in [0.25, 0.3) is 0 Å². The molecule has 1 nitrogen and oxygen atoms in total. The molecule has 0 saturated carbocycles. The largest absolute Gasteiger partial charge is 0.310 e. The van der Waals surface area contributed by atoms with Crippen LogP contribution in [0.5, 0.6) is 0 Å². The van der Waals surface area contributed by atoms with Crippen molar-refractivity contribution in [3.8, 4) is 0 Å². The maximum absolute atomic E-state index is 3.38. The standard InChI is InChI=1S/C26H30N/c1-25(2,3)20-12-16-23(17-13-20)27(22-10-8-7-9-11-22)24-18-14-21(15-19-24)26(4,5)6/h7-10,12-19H,1-6H3. The number of benzene rings is 3. The summed E-state index contributed by atoms with van der Waals surface area (Å²) < 4.78 is 0. The maximum atomic E-state index is 3.38. The topological polar surface area (TPSA) is 3.24 Å². The predicted octanol–water partition coefficient (Wildman–Crippen LogP) is 7.55. The highest BCUT2D eigenvalue weighted by Crippen LogP contribution is 2.36. The van der Waals surface area contributed by atoms with Crippen molar-refractivity contribution in [3.63, 3.8) is 0 Å². The summed E-state index contributed by atoms with van der Waals surface area (Å²) in [4.78, 5) is 2.26. The van der Waals surface area contributed by atoms with Crippen LogP contribution in [0.25, 0.3) is 0 Å². The first-order valence-electron chi connectivity index (χ1n) is 9.64. The fourth-order valence-corrected chi connectivity index (χ4v) is 3.17. The van der Waals surface area contributed by atoms with Crippen LogP contribution in [0.2, 0.25) is 0 Å². The van der Waals surface area contributed by atoms with E-state index >= 15 is 0 Å². The number of para-hydroxylation sites is 1. The zero-order chi connectivity index (χ0) is 19.7. The lowest BCUT2D eigenvalue weighted by molar-refractivity contribution is 0.590. The van der Waals surface area contributed by atoms with Gasteiger partial charge in [0.15, 0.2) is 0 Å². The minimum atomic E-state index is 0.149. The van der Waals surface area contributed by atoms with E-state index in [9.17, 15) is 0 Å². The quantitative estimate of drug-likeness (QED) is 0.468. The summed E-state index contributed by atoms with van der Waals surface area (Å²) in [6.45, 7) is 13.5. The number of hydrogen-bond donors (Lipinski definition) is 0. The van der Waals surface area contributed by atoms with Crippen molar-refractivity contribution >= 4 is 17.1 Å². The minimum absolute atomic E-state index is 0.149. The van der Waals surface area contributed by atoms with E-state index in [2.05, 4.69) is 113 Å². The molecule has 27 heavy (non-hydrogen) atoms. The van der Waals surface area contributed by atoms with Crippen LogP contribution >= 0.6 is 0 Å². The Hall–Kier alpha value is -2.54. The van der Waals surface area contributed by atoms with E-state index in [1.54, 1.807) is 0 Å². The summed E-state index contributed by atoms with van der Waals surface area (Å²) in [6, 6.07) is 29.3. The summed E-state index contributed by atoms with van der Waals surface area (Å²) in [7, 11) is 0. The van der Waals surface area contributed by atoms with E-state index in [0.717, 1.165) is 17.1 Å². The second kappa shape index (κ2) is 7.23. The normalized spacial score (nSPS) is 12.1. The Morgan fingerprint density at radius 3 is 1.37 bits per heavy atom. The zero-order valence-electron chi connectivity index (χ0n) is 17.4. The van der Waals surface area contributed by atoms with E-state index in [1.165, 1.54) is 11.1 Å². The SMILES string of the molecule is CC(C)(C)c1ccc(N(c2[c]cccc2)c2ccc(C(C)(C)C)cc2)cc1. The van der Waals surface area contributed by atoms with E-state index in [1.807, 2.05) is 12.1 Å². The lowest BCUT2D eigenvalue weighted by Gasteiger charge is -2.27. The van der Waals surface area contributed by atoms with E-state index in [0.29, 0.717) is 0 Å². The molecule has 0 amide bonds. The molecular weight excluding hydrogens is 326 g/mol. The molecule has 0 spiro atoms. The molecule has 0 fully saturated rings. The highest BCUT2D eigenvalue weighted by atomic mass is 15.1. The van der Waals surface area contributed by atoms with Crippen molar-refractivity contribution in [3.05, 3.63) is 90.0 Å². The van der Waals surface area contributed by atoms with Crippen LogP contribution in [0.3, 0.4) is 0 Å². The molecule has 0 bridgehead atoms. The Bertz CT molecular complexity index is 803. The number of rotatable bonds is 3. The zero-order valence-corrected chi connectivity index (χ0v) is 17.4. The lowest BCUT2D eigenvalue weighted by Crippen LogP contribution is -2.14. The van der Waals surface area contributed by atoms with E-state index in [-0.39, 0.29) is 10.8 Å². The van der Waals surface area contributed by atoms with Gasteiger partial charge in [0.05, 0.1) is 5.69 Å². The number of nitrogens with zero attached hydrogens (tertiary/aromatic N) is 1. The van der Waals surface area contributed by atoms with Crippen molar-refractivity contribution in [1.29, 1.82) is 0 Å². The molecule has 0 aliphatic rings. The van der Waals surface area contributed by atoms with Crippen molar-refractivity contribution in [1.82, 2.24) is 0 Å². The predicted molar refractivity (Wildman–Crippen MR) is 117 cm³/mol. The van der Waals surface area contributed by atoms with Crippen molar-refractivity contribution < 1.29 is 0 Å². The smallest absolute Gasteiger partial charge is 0.0540 e. The van der Waals surface area contributed by atoms with Crippen molar-refractivity contribution in [2.24, 2.45) is 0 Å². The summed E-state index contributed by atoms with van der Waals surface area (Å²) in [5.41, 5.74) is 6.32. The third-order valence-electron chi connectivity index (χ3n) is 4.92. The fraction of sp³-hybridized carbons (Fsp3) is 0.308. The van der Waals surface area contributed by atoms with Crippen LogP contribution in [0, 0.1) is 6.07 Å². The van der Waals surface area contributed by atoms with Crippen LogP contribution in [-0.2, 0) is 10.8 Å². The molecule has 3 aromatic carbocycles. The van der Waals surface area contributed by atoms with E-state index < -0.39 is 0 Å². The Labute approximate surface area is 164 Å². The first kappa shape index (κ1) is 19.2. The second-order valence-electron chi connectivity index (χ2n) is 9.18. The van der Waals surface area contributed by atoms with Crippen molar-refractivity contribution in [2.75, 3.05) is 4.90 Å². The van der Waals surface area contributed by atoms with Gasteiger partial charge in [0.1, 0.15) is 0 Å². The fourth-order valence-electron chi connectivity index (χ4n) is 3.17. The highest BCUT2D eigenvalue weighted by molar-refractivity contribution is 5.76. The molecule has 0 aliphatic heterocycles.